The Kier molecular flexibility index (Phi) is 2.73. The Morgan fingerprint density at radius 1 is 1.60 bits per heavy atom. The van der Waals surface area contributed by atoms with Gasteiger partial charge in [-0.15, -0.1) is 0 Å². The Balaban J connectivity index is 1.95. The second-order valence-electron chi connectivity index (χ2n) is 4.21. The van der Waals surface area contributed by atoms with Gasteiger partial charge in [0.1, 0.15) is 0 Å². The van der Waals surface area contributed by atoms with Crippen LogP contribution in [-0.2, 0) is 4.79 Å². The third kappa shape index (κ3) is 2.18. The largest absolute Gasteiger partial charge is 0.315 e. The summed E-state index contributed by atoms with van der Waals surface area (Å²) in [6.45, 7) is 5.70. The van der Waals surface area contributed by atoms with Gasteiger partial charge >= 0.3 is 0 Å². The van der Waals surface area contributed by atoms with E-state index in [-0.39, 0.29) is 11.8 Å². The molecule has 0 bridgehead atoms. The molecular weight excluding hydrogens is 192 g/mol. The van der Waals surface area contributed by atoms with Gasteiger partial charge in [0.25, 0.3) is 0 Å². The molecule has 2 heterocycles. The number of carbonyl (C=O) groups is 1. The van der Waals surface area contributed by atoms with Gasteiger partial charge < -0.3 is 10.6 Å². The molecule has 0 aliphatic carbocycles. The second kappa shape index (κ2) is 4.02. The normalized spacial score (nSPS) is 16.5. The van der Waals surface area contributed by atoms with Crippen LogP contribution in [0.15, 0.2) is 6.07 Å². The molecule has 82 valence electrons. The van der Waals surface area contributed by atoms with Gasteiger partial charge in [0.15, 0.2) is 5.82 Å². The minimum atomic E-state index is 0.0514. The second-order valence-corrected chi connectivity index (χ2v) is 4.21. The van der Waals surface area contributed by atoms with Gasteiger partial charge in [0.2, 0.25) is 5.91 Å². The van der Waals surface area contributed by atoms with E-state index >= 15 is 0 Å². The number of amides is 1. The molecule has 0 atom stereocenters. The van der Waals surface area contributed by atoms with Crippen molar-refractivity contribution in [2.45, 2.75) is 19.8 Å². The molecule has 1 aliphatic rings. The summed E-state index contributed by atoms with van der Waals surface area (Å²) >= 11 is 0. The van der Waals surface area contributed by atoms with Gasteiger partial charge in [-0.1, -0.05) is 13.8 Å². The Bertz CT molecular complexity index is 354. The Morgan fingerprint density at radius 3 is 2.80 bits per heavy atom. The molecule has 1 aliphatic heterocycles. The number of carbonyl (C=O) groups excluding carboxylic acids is 1. The molecule has 1 saturated heterocycles. The van der Waals surface area contributed by atoms with Crippen LogP contribution >= 0.6 is 0 Å². The summed E-state index contributed by atoms with van der Waals surface area (Å²) in [6.07, 6.45) is 0. The quantitative estimate of drug-likeness (QED) is 0.684. The Labute approximate surface area is 88.6 Å². The molecule has 3 N–H and O–H groups in total. The molecule has 5 heteroatoms. The summed E-state index contributed by atoms with van der Waals surface area (Å²) in [4.78, 5) is 11.6. The van der Waals surface area contributed by atoms with Crippen molar-refractivity contribution >= 4 is 11.7 Å². The van der Waals surface area contributed by atoms with Crippen LogP contribution in [0.25, 0.3) is 0 Å². The third-order valence-electron chi connectivity index (χ3n) is 2.62. The van der Waals surface area contributed by atoms with Crippen molar-refractivity contribution in [2.75, 3.05) is 18.4 Å². The predicted molar refractivity (Wildman–Crippen MR) is 57.7 cm³/mol. The van der Waals surface area contributed by atoms with E-state index in [9.17, 15) is 4.79 Å². The number of nitrogens with one attached hydrogen (secondary N) is 3. The number of nitrogens with zero attached hydrogens (tertiary/aromatic N) is 1. The average molecular weight is 208 g/mol. The lowest BCUT2D eigenvalue weighted by molar-refractivity contribution is -0.121. The standard InChI is InChI=1S/C10H16N4O/c1-6(2)8-3-9(14-13-8)12-10(15)7-4-11-5-7/h3,6-7,11H,4-5H2,1-2H3,(H2,12,13,14,15). The highest BCUT2D eigenvalue weighted by Gasteiger charge is 2.25. The van der Waals surface area contributed by atoms with E-state index in [4.69, 9.17) is 0 Å². The van der Waals surface area contributed by atoms with Crippen molar-refractivity contribution in [1.29, 1.82) is 0 Å². The lowest BCUT2D eigenvalue weighted by Gasteiger charge is -2.25. The third-order valence-corrected chi connectivity index (χ3v) is 2.62. The molecule has 0 saturated carbocycles. The van der Waals surface area contributed by atoms with Crippen molar-refractivity contribution in [3.8, 4) is 0 Å². The highest BCUT2D eigenvalue weighted by atomic mass is 16.2. The summed E-state index contributed by atoms with van der Waals surface area (Å²) in [6, 6.07) is 1.88. The van der Waals surface area contributed by atoms with Crippen molar-refractivity contribution in [3.05, 3.63) is 11.8 Å². The maximum Gasteiger partial charge on any atom is 0.231 e. The summed E-state index contributed by atoms with van der Waals surface area (Å²) in [5.41, 5.74) is 1.04. The van der Waals surface area contributed by atoms with Crippen molar-refractivity contribution in [3.63, 3.8) is 0 Å². The van der Waals surface area contributed by atoms with E-state index in [1.807, 2.05) is 6.07 Å². The summed E-state index contributed by atoms with van der Waals surface area (Å²) < 4.78 is 0. The first-order valence-electron chi connectivity index (χ1n) is 5.23. The van der Waals surface area contributed by atoms with Crippen molar-refractivity contribution in [1.82, 2.24) is 15.5 Å². The lowest BCUT2D eigenvalue weighted by Crippen LogP contribution is -2.48. The van der Waals surface area contributed by atoms with E-state index in [0.29, 0.717) is 11.7 Å². The predicted octanol–water partition coefficient (Wildman–Crippen LogP) is 0.691. The van der Waals surface area contributed by atoms with Gasteiger partial charge in [-0.3, -0.25) is 9.89 Å². The van der Waals surface area contributed by atoms with E-state index in [2.05, 4.69) is 34.7 Å². The Hall–Kier alpha value is -1.36. The fourth-order valence-electron chi connectivity index (χ4n) is 1.40. The van der Waals surface area contributed by atoms with Crippen LogP contribution in [0.4, 0.5) is 5.82 Å². The van der Waals surface area contributed by atoms with Gasteiger partial charge in [-0.2, -0.15) is 5.10 Å². The molecule has 1 aromatic rings. The van der Waals surface area contributed by atoms with E-state index in [1.54, 1.807) is 0 Å². The first-order valence-corrected chi connectivity index (χ1v) is 5.23. The molecule has 5 nitrogen and oxygen atoms in total. The molecule has 1 aromatic heterocycles. The Morgan fingerprint density at radius 2 is 2.33 bits per heavy atom. The molecule has 2 rings (SSSR count). The van der Waals surface area contributed by atoms with Gasteiger partial charge in [0, 0.05) is 24.8 Å². The molecule has 1 fully saturated rings. The zero-order chi connectivity index (χ0) is 10.8. The molecule has 0 radical (unpaired) electrons. The molecule has 0 unspecified atom stereocenters. The fourth-order valence-corrected chi connectivity index (χ4v) is 1.40. The zero-order valence-electron chi connectivity index (χ0n) is 9.00. The number of aromatic amines is 1. The monoisotopic (exact) mass is 208 g/mol. The van der Waals surface area contributed by atoms with Crippen LogP contribution in [0.2, 0.25) is 0 Å². The van der Waals surface area contributed by atoms with Crippen LogP contribution < -0.4 is 10.6 Å². The van der Waals surface area contributed by atoms with E-state index in [1.165, 1.54) is 0 Å². The van der Waals surface area contributed by atoms with Crippen LogP contribution in [0.1, 0.15) is 25.5 Å². The summed E-state index contributed by atoms with van der Waals surface area (Å²) in [5, 5.41) is 12.8. The first-order chi connectivity index (χ1) is 7.16. The SMILES string of the molecule is CC(C)c1cc(NC(=O)C2CNC2)n[nH]1. The van der Waals surface area contributed by atoms with E-state index < -0.39 is 0 Å². The van der Waals surface area contributed by atoms with Crippen LogP contribution in [0.5, 0.6) is 0 Å². The fraction of sp³-hybridized carbons (Fsp3) is 0.600. The highest BCUT2D eigenvalue weighted by Crippen LogP contribution is 2.15. The minimum Gasteiger partial charge on any atom is -0.315 e. The number of rotatable bonds is 3. The van der Waals surface area contributed by atoms with Crippen molar-refractivity contribution in [2.24, 2.45) is 5.92 Å². The molecule has 15 heavy (non-hydrogen) atoms. The molecule has 0 aromatic carbocycles. The smallest absolute Gasteiger partial charge is 0.231 e. The maximum atomic E-state index is 11.6. The van der Waals surface area contributed by atoms with Crippen LogP contribution in [0.3, 0.4) is 0 Å². The minimum absolute atomic E-state index is 0.0514. The van der Waals surface area contributed by atoms with Gasteiger partial charge in [0.05, 0.1) is 5.92 Å². The van der Waals surface area contributed by atoms with Crippen molar-refractivity contribution < 1.29 is 4.79 Å². The number of anilines is 1. The molecule has 1 amide bonds. The molecular formula is C10H16N4O. The average Bonchev–Trinajstić information content (AvgIpc) is 2.48. The topological polar surface area (TPSA) is 69.8 Å². The van der Waals surface area contributed by atoms with Gasteiger partial charge in [-0.25, -0.2) is 0 Å². The molecule has 0 spiro atoms. The summed E-state index contributed by atoms with van der Waals surface area (Å²) in [7, 11) is 0. The zero-order valence-corrected chi connectivity index (χ0v) is 9.00. The number of H-pyrrole nitrogens is 1. The first kappa shape index (κ1) is 10.2. The highest BCUT2D eigenvalue weighted by molar-refractivity contribution is 5.92. The van der Waals surface area contributed by atoms with E-state index in [0.717, 1.165) is 18.8 Å². The van der Waals surface area contributed by atoms with Crippen LogP contribution in [0, 0.1) is 5.92 Å². The maximum absolute atomic E-state index is 11.6. The number of aromatic nitrogens is 2. The summed E-state index contributed by atoms with van der Waals surface area (Å²) in [5.74, 6) is 1.17. The lowest BCUT2D eigenvalue weighted by atomic mass is 10.0. The number of hydrogen-bond donors (Lipinski definition) is 3. The van der Waals surface area contributed by atoms with Gasteiger partial charge in [-0.05, 0) is 5.92 Å². The van der Waals surface area contributed by atoms with Crippen LogP contribution in [-0.4, -0.2) is 29.2 Å². The number of hydrogen-bond acceptors (Lipinski definition) is 3.